The van der Waals surface area contributed by atoms with E-state index in [2.05, 4.69) is 11.7 Å². The van der Waals surface area contributed by atoms with Crippen molar-refractivity contribution in [1.82, 2.24) is 0 Å². The lowest BCUT2D eigenvalue weighted by atomic mass is 9.76. The van der Waals surface area contributed by atoms with E-state index in [4.69, 9.17) is 0 Å². The minimum atomic E-state index is -6.65. The maximum absolute atomic E-state index is 13.8. The van der Waals surface area contributed by atoms with Gasteiger partial charge >= 0.3 is 23.9 Å². The molecule has 0 bridgehead atoms. The van der Waals surface area contributed by atoms with Crippen molar-refractivity contribution in [3.63, 3.8) is 0 Å². The van der Waals surface area contributed by atoms with Crippen LogP contribution in [0.1, 0.15) is 64.7 Å². The third-order valence-electron chi connectivity index (χ3n) is 6.31. The zero-order valence-electron chi connectivity index (χ0n) is 17.8. The SMILES string of the molecule is CCCCC[C@H]1CC[C@H](C2=CCC(OC(F)(F)C(F)(F)C(F)(F)C(F)(F)CF)C=C2)CC1. The van der Waals surface area contributed by atoms with Crippen LogP contribution in [-0.4, -0.2) is 36.7 Å². The summed E-state index contributed by atoms with van der Waals surface area (Å²) in [5.41, 5.74) is 0.834. The van der Waals surface area contributed by atoms with Gasteiger partial charge in [0.2, 0.25) is 0 Å². The molecule has 2 rings (SSSR count). The fourth-order valence-corrected chi connectivity index (χ4v) is 4.24. The van der Waals surface area contributed by atoms with E-state index in [0.29, 0.717) is 5.92 Å². The lowest BCUT2D eigenvalue weighted by molar-refractivity contribution is -0.432. The molecule has 0 saturated heterocycles. The van der Waals surface area contributed by atoms with Crippen LogP contribution in [0.2, 0.25) is 0 Å². The second kappa shape index (κ2) is 10.4. The fraction of sp³-hybridized carbons (Fsp3) is 0.818. The molecule has 1 nitrogen and oxygen atoms in total. The zero-order chi connectivity index (χ0) is 24.2. The van der Waals surface area contributed by atoms with Crippen molar-refractivity contribution in [3.05, 3.63) is 23.8 Å². The lowest BCUT2D eigenvalue weighted by Gasteiger charge is -2.36. The number of ether oxygens (including phenoxy) is 1. The van der Waals surface area contributed by atoms with Crippen molar-refractivity contribution in [2.75, 3.05) is 6.67 Å². The third kappa shape index (κ3) is 5.65. The molecule has 32 heavy (non-hydrogen) atoms. The van der Waals surface area contributed by atoms with E-state index in [1.807, 2.05) is 0 Å². The predicted octanol–water partition coefficient (Wildman–Crippen LogP) is 8.11. The highest BCUT2D eigenvalue weighted by atomic mass is 19.4. The van der Waals surface area contributed by atoms with E-state index in [0.717, 1.165) is 43.8 Å². The van der Waals surface area contributed by atoms with E-state index in [9.17, 15) is 39.5 Å². The summed E-state index contributed by atoms with van der Waals surface area (Å²) in [4.78, 5) is 0. The number of allylic oxidation sites excluding steroid dienone is 2. The summed E-state index contributed by atoms with van der Waals surface area (Å²) in [6.07, 6.45) is 4.60. The largest absolute Gasteiger partial charge is 0.426 e. The van der Waals surface area contributed by atoms with E-state index >= 15 is 0 Å². The molecule has 1 atom stereocenters. The first kappa shape index (κ1) is 27.1. The Labute approximate surface area is 182 Å². The molecule has 0 spiro atoms. The second-order valence-electron chi connectivity index (χ2n) is 8.67. The van der Waals surface area contributed by atoms with Crippen LogP contribution in [0.25, 0.3) is 0 Å². The molecule has 0 N–H and O–H groups in total. The number of halogens is 9. The van der Waals surface area contributed by atoms with Crippen LogP contribution in [0.5, 0.6) is 0 Å². The average Bonchev–Trinajstić information content (AvgIpc) is 2.74. The Morgan fingerprint density at radius 3 is 2.03 bits per heavy atom. The van der Waals surface area contributed by atoms with Crippen LogP contribution in [0.4, 0.5) is 39.5 Å². The number of hydrogen-bond acceptors (Lipinski definition) is 1. The van der Waals surface area contributed by atoms with Gasteiger partial charge in [0.1, 0.15) is 0 Å². The summed E-state index contributed by atoms with van der Waals surface area (Å²) in [5, 5.41) is 0. The Hall–Kier alpha value is -1.19. The maximum atomic E-state index is 13.8. The summed E-state index contributed by atoms with van der Waals surface area (Å²) in [6, 6.07) is 0. The molecule has 186 valence electrons. The summed E-state index contributed by atoms with van der Waals surface area (Å²) >= 11 is 0. The Morgan fingerprint density at radius 2 is 1.53 bits per heavy atom. The Kier molecular flexibility index (Phi) is 8.78. The molecule has 2 aliphatic rings. The Balaban J connectivity index is 1.94. The molecule has 1 unspecified atom stereocenters. The average molecular weight is 480 g/mol. The molecule has 10 heteroatoms. The standard InChI is InChI=1S/C22H29F9O/c1-2-3-4-5-15-6-8-16(9-7-15)17-10-12-18(13-11-17)32-22(30,31)21(28,29)20(26,27)19(24,25)14-23/h10-12,15-16,18H,2-9,13-14H2,1H3/t15-,16-,18?. The third-order valence-corrected chi connectivity index (χ3v) is 6.31. The minimum Gasteiger partial charge on any atom is -0.308 e. The molecular formula is C22H29F9O. The van der Waals surface area contributed by atoms with Crippen LogP contribution in [0.15, 0.2) is 23.8 Å². The van der Waals surface area contributed by atoms with Gasteiger partial charge in [-0.1, -0.05) is 50.8 Å². The highest BCUT2D eigenvalue weighted by Gasteiger charge is 2.81. The molecule has 0 radical (unpaired) electrons. The van der Waals surface area contributed by atoms with Gasteiger partial charge in [0.05, 0.1) is 6.10 Å². The van der Waals surface area contributed by atoms with Crippen LogP contribution in [-0.2, 0) is 4.74 Å². The van der Waals surface area contributed by atoms with Crippen molar-refractivity contribution in [1.29, 1.82) is 0 Å². The number of alkyl halides is 9. The quantitative estimate of drug-likeness (QED) is 0.214. The lowest BCUT2D eigenvalue weighted by Crippen LogP contribution is -2.64. The highest BCUT2D eigenvalue weighted by molar-refractivity contribution is 5.27. The Bertz CT molecular complexity index is 664. The topological polar surface area (TPSA) is 9.23 Å². The normalized spacial score (nSPS) is 25.7. The van der Waals surface area contributed by atoms with Crippen LogP contribution in [0, 0.1) is 11.8 Å². The first-order chi connectivity index (χ1) is 14.8. The molecule has 0 heterocycles. The minimum absolute atomic E-state index is 0.184. The predicted molar refractivity (Wildman–Crippen MR) is 102 cm³/mol. The molecule has 0 aliphatic heterocycles. The summed E-state index contributed by atoms with van der Waals surface area (Å²) in [6.45, 7) is -1.08. The van der Waals surface area contributed by atoms with E-state index in [1.54, 1.807) is 0 Å². The molecule has 0 amide bonds. The van der Waals surface area contributed by atoms with Gasteiger partial charge in [-0.15, -0.1) is 0 Å². The van der Waals surface area contributed by atoms with Gasteiger partial charge in [0.15, 0.2) is 6.67 Å². The molecule has 2 aliphatic carbocycles. The fourth-order valence-electron chi connectivity index (χ4n) is 4.24. The van der Waals surface area contributed by atoms with Crippen molar-refractivity contribution < 1.29 is 44.3 Å². The molecule has 0 aromatic heterocycles. The van der Waals surface area contributed by atoms with E-state index in [1.165, 1.54) is 31.4 Å². The molecule has 0 aromatic carbocycles. The highest BCUT2D eigenvalue weighted by Crippen LogP contribution is 2.53. The van der Waals surface area contributed by atoms with Crippen LogP contribution in [0.3, 0.4) is 0 Å². The van der Waals surface area contributed by atoms with E-state index in [-0.39, 0.29) is 12.3 Å². The molecule has 1 saturated carbocycles. The van der Waals surface area contributed by atoms with Crippen molar-refractivity contribution >= 4 is 0 Å². The molecular weight excluding hydrogens is 451 g/mol. The van der Waals surface area contributed by atoms with Crippen LogP contribution < -0.4 is 0 Å². The van der Waals surface area contributed by atoms with Gasteiger partial charge in [-0.3, -0.25) is 0 Å². The number of hydrogen-bond donors (Lipinski definition) is 0. The molecule has 0 aromatic rings. The van der Waals surface area contributed by atoms with Crippen molar-refractivity contribution in [3.8, 4) is 0 Å². The van der Waals surface area contributed by atoms with Gasteiger partial charge in [0.25, 0.3) is 0 Å². The van der Waals surface area contributed by atoms with Gasteiger partial charge < -0.3 is 4.74 Å². The second-order valence-corrected chi connectivity index (χ2v) is 8.67. The van der Waals surface area contributed by atoms with Gasteiger partial charge in [-0.2, -0.15) is 35.1 Å². The summed E-state index contributed by atoms with van der Waals surface area (Å²) in [5.74, 6) is -18.4. The smallest absolute Gasteiger partial charge is 0.308 e. The first-order valence-corrected chi connectivity index (χ1v) is 10.9. The number of rotatable bonds is 11. The summed E-state index contributed by atoms with van der Waals surface area (Å²) in [7, 11) is 0. The number of unbranched alkanes of at least 4 members (excludes halogenated alkanes) is 2. The van der Waals surface area contributed by atoms with Crippen LogP contribution >= 0.6 is 0 Å². The van der Waals surface area contributed by atoms with Crippen molar-refractivity contribution in [2.24, 2.45) is 11.8 Å². The summed E-state index contributed by atoms with van der Waals surface area (Å²) < 4.78 is 123. The monoisotopic (exact) mass is 480 g/mol. The van der Waals surface area contributed by atoms with Gasteiger partial charge in [-0.05, 0) is 49.5 Å². The van der Waals surface area contributed by atoms with E-state index < -0.39 is 36.7 Å². The van der Waals surface area contributed by atoms with Gasteiger partial charge in [0, 0.05) is 0 Å². The Morgan fingerprint density at radius 1 is 0.906 bits per heavy atom. The maximum Gasteiger partial charge on any atom is 0.426 e. The molecule has 1 fully saturated rings. The first-order valence-electron chi connectivity index (χ1n) is 10.9. The zero-order valence-corrected chi connectivity index (χ0v) is 17.8. The van der Waals surface area contributed by atoms with Crippen molar-refractivity contribution in [2.45, 2.75) is 94.7 Å². The van der Waals surface area contributed by atoms with Gasteiger partial charge in [-0.25, -0.2) is 4.39 Å².